The van der Waals surface area contributed by atoms with Gasteiger partial charge in [-0.25, -0.2) is 13.1 Å². The van der Waals surface area contributed by atoms with Gasteiger partial charge in [-0.2, -0.15) is 0 Å². The Morgan fingerprint density at radius 3 is 2.82 bits per heavy atom. The van der Waals surface area contributed by atoms with Crippen molar-refractivity contribution in [3.05, 3.63) is 16.3 Å². The predicted molar refractivity (Wildman–Crippen MR) is 71.5 cm³/mol. The summed E-state index contributed by atoms with van der Waals surface area (Å²) < 4.78 is 26.9. The molecular weight excluding hydrogens is 256 g/mol. The monoisotopic (exact) mass is 276 g/mol. The number of nitrogens with one attached hydrogen (secondary N) is 1. The highest BCUT2D eigenvalue weighted by atomic mass is 32.2. The molecule has 4 nitrogen and oxygen atoms in total. The largest absolute Gasteiger partial charge is 0.326 e. The van der Waals surface area contributed by atoms with Gasteiger partial charge in [0.2, 0.25) is 10.0 Å². The SMILES string of the molecule is CCCCC(C)NS(=O)(=O)c1ccsc1CN. The van der Waals surface area contributed by atoms with Crippen LogP contribution in [-0.2, 0) is 16.6 Å². The normalized spacial score (nSPS) is 13.8. The lowest BCUT2D eigenvalue weighted by Gasteiger charge is -2.13. The van der Waals surface area contributed by atoms with Gasteiger partial charge in [-0.1, -0.05) is 19.8 Å². The molecule has 3 N–H and O–H groups in total. The lowest BCUT2D eigenvalue weighted by atomic mass is 10.2. The van der Waals surface area contributed by atoms with Crippen LogP contribution in [0.25, 0.3) is 0 Å². The summed E-state index contributed by atoms with van der Waals surface area (Å²) in [4.78, 5) is 1.04. The number of thiophene rings is 1. The molecule has 0 aliphatic carbocycles. The average Bonchev–Trinajstić information content (AvgIpc) is 2.74. The first-order valence-corrected chi connectivity index (χ1v) is 8.16. The lowest BCUT2D eigenvalue weighted by molar-refractivity contribution is 0.534. The van der Waals surface area contributed by atoms with E-state index in [-0.39, 0.29) is 12.6 Å². The summed E-state index contributed by atoms with van der Waals surface area (Å²) in [7, 11) is -3.41. The fraction of sp³-hybridized carbons (Fsp3) is 0.636. The van der Waals surface area contributed by atoms with E-state index >= 15 is 0 Å². The van der Waals surface area contributed by atoms with E-state index in [0.29, 0.717) is 9.77 Å². The minimum absolute atomic E-state index is 0.0366. The summed E-state index contributed by atoms with van der Waals surface area (Å²) in [6, 6.07) is 1.58. The Hall–Kier alpha value is -0.430. The standard InChI is InChI=1S/C11H20N2O2S2/c1-3-4-5-9(2)13-17(14,15)11-6-7-16-10(11)8-12/h6-7,9,13H,3-5,8,12H2,1-2H3. The van der Waals surface area contributed by atoms with Crippen LogP contribution in [0.5, 0.6) is 0 Å². The third-order valence-electron chi connectivity index (χ3n) is 2.53. The number of rotatable bonds is 7. The zero-order chi connectivity index (χ0) is 12.9. The molecule has 0 radical (unpaired) electrons. The van der Waals surface area contributed by atoms with Crippen molar-refractivity contribution in [1.29, 1.82) is 0 Å². The van der Waals surface area contributed by atoms with Gasteiger partial charge < -0.3 is 5.73 Å². The van der Waals surface area contributed by atoms with E-state index in [4.69, 9.17) is 5.73 Å². The van der Waals surface area contributed by atoms with Gasteiger partial charge in [0.05, 0.1) is 4.90 Å². The highest BCUT2D eigenvalue weighted by molar-refractivity contribution is 7.89. The molecule has 0 amide bonds. The van der Waals surface area contributed by atoms with Crippen molar-refractivity contribution in [3.63, 3.8) is 0 Å². The molecule has 1 aromatic rings. The third kappa shape index (κ3) is 4.06. The Kier molecular flexibility index (Phi) is 5.58. The van der Waals surface area contributed by atoms with Crippen LogP contribution in [-0.4, -0.2) is 14.5 Å². The Morgan fingerprint density at radius 1 is 1.53 bits per heavy atom. The summed E-state index contributed by atoms with van der Waals surface area (Å²) in [5.74, 6) is 0. The molecule has 17 heavy (non-hydrogen) atoms. The Morgan fingerprint density at radius 2 is 2.24 bits per heavy atom. The van der Waals surface area contributed by atoms with E-state index in [1.54, 1.807) is 11.4 Å². The Bertz CT molecular complexity index is 440. The molecule has 0 fully saturated rings. The van der Waals surface area contributed by atoms with Crippen molar-refractivity contribution in [1.82, 2.24) is 4.72 Å². The summed E-state index contributed by atoms with van der Waals surface area (Å²) in [6.07, 6.45) is 2.95. The van der Waals surface area contributed by atoms with Gasteiger partial charge in [-0.3, -0.25) is 0 Å². The van der Waals surface area contributed by atoms with Crippen molar-refractivity contribution in [2.24, 2.45) is 5.73 Å². The van der Waals surface area contributed by atoms with Crippen LogP contribution in [0.1, 0.15) is 38.0 Å². The molecule has 98 valence electrons. The number of hydrogen-bond acceptors (Lipinski definition) is 4. The van der Waals surface area contributed by atoms with E-state index in [9.17, 15) is 8.42 Å². The second-order valence-corrected chi connectivity index (χ2v) is 6.76. The van der Waals surface area contributed by atoms with Crippen LogP contribution in [0.4, 0.5) is 0 Å². The maximum absolute atomic E-state index is 12.1. The molecule has 0 aromatic carbocycles. The number of unbranched alkanes of at least 4 members (excludes halogenated alkanes) is 1. The minimum atomic E-state index is -3.41. The van der Waals surface area contributed by atoms with E-state index < -0.39 is 10.0 Å². The first-order valence-electron chi connectivity index (χ1n) is 5.80. The van der Waals surface area contributed by atoms with Gasteiger partial charge in [0.1, 0.15) is 0 Å². The highest BCUT2D eigenvalue weighted by Gasteiger charge is 2.20. The summed E-state index contributed by atoms with van der Waals surface area (Å²) in [5.41, 5.74) is 5.52. The zero-order valence-electron chi connectivity index (χ0n) is 10.3. The maximum atomic E-state index is 12.1. The molecule has 0 aliphatic rings. The van der Waals surface area contributed by atoms with Crippen molar-refractivity contribution >= 4 is 21.4 Å². The molecule has 1 unspecified atom stereocenters. The smallest absolute Gasteiger partial charge is 0.241 e. The average molecular weight is 276 g/mol. The van der Waals surface area contributed by atoms with Crippen molar-refractivity contribution < 1.29 is 8.42 Å². The number of nitrogens with two attached hydrogens (primary N) is 1. The molecule has 1 aromatic heterocycles. The van der Waals surface area contributed by atoms with Gasteiger partial charge in [-0.15, -0.1) is 11.3 Å². The van der Waals surface area contributed by atoms with Crippen LogP contribution in [0.15, 0.2) is 16.3 Å². The fourth-order valence-electron chi connectivity index (χ4n) is 1.61. The number of hydrogen-bond donors (Lipinski definition) is 2. The second-order valence-electron chi connectivity index (χ2n) is 4.08. The molecule has 0 spiro atoms. The second kappa shape index (κ2) is 6.49. The molecule has 1 rings (SSSR count). The van der Waals surface area contributed by atoms with E-state index in [2.05, 4.69) is 11.6 Å². The molecule has 0 saturated heterocycles. The highest BCUT2D eigenvalue weighted by Crippen LogP contribution is 2.21. The van der Waals surface area contributed by atoms with E-state index in [1.807, 2.05) is 6.92 Å². The van der Waals surface area contributed by atoms with Crippen molar-refractivity contribution in [2.75, 3.05) is 0 Å². The van der Waals surface area contributed by atoms with Crippen LogP contribution < -0.4 is 10.5 Å². The Labute approximate surface area is 107 Å². The van der Waals surface area contributed by atoms with Crippen LogP contribution in [0, 0.1) is 0 Å². The van der Waals surface area contributed by atoms with Crippen LogP contribution >= 0.6 is 11.3 Å². The first kappa shape index (κ1) is 14.6. The summed E-state index contributed by atoms with van der Waals surface area (Å²) >= 11 is 1.38. The van der Waals surface area contributed by atoms with Gasteiger partial charge in [-0.05, 0) is 24.8 Å². The van der Waals surface area contributed by atoms with Crippen molar-refractivity contribution in [3.8, 4) is 0 Å². The van der Waals surface area contributed by atoms with Gasteiger partial charge >= 0.3 is 0 Å². The molecule has 1 heterocycles. The molecular formula is C11H20N2O2S2. The third-order valence-corrected chi connectivity index (χ3v) is 5.27. The molecule has 0 aliphatic heterocycles. The van der Waals surface area contributed by atoms with Crippen LogP contribution in [0.3, 0.4) is 0 Å². The molecule has 0 saturated carbocycles. The number of sulfonamides is 1. The van der Waals surface area contributed by atoms with Gasteiger partial charge in [0.15, 0.2) is 0 Å². The zero-order valence-corrected chi connectivity index (χ0v) is 11.9. The topological polar surface area (TPSA) is 72.2 Å². The predicted octanol–water partition coefficient (Wildman–Crippen LogP) is 2.06. The van der Waals surface area contributed by atoms with Gasteiger partial charge in [0.25, 0.3) is 0 Å². The van der Waals surface area contributed by atoms with Crippen LogP contribution in [0.2, 0.25) is 0 Å². The lowest BCUT2D eigenvalue weighted by Crippen LogP contribution is -2.32. The first-order chi connectivity index (χ1) is 8.01. The maximum Gasteiger partial charge on any atom is 0.241 e. The minimum Gasteiger partial charge on any atom is -0.326 e. The molecule has 1 atom stereocenters. The molecule has 0 bridgehead atoms. The van der Waals surface area contributed by atoms with E-state index in [1.165, 1.54) is 11.3 Å². The van der Waals surface area contributed by atoms with Gasteiger partial charge in [0, 0.05) is 17.5 Å². The Balaban J connectivity index is 2.75. The quantitative estimate of drug-likeness (QED) is 0.800. The van der Waals surface area contributed by atoms with Crippen molar-refractivity contribution in [2.45, 2.75) is 50.6 Å². The summed E-state index contributed by atoms with van der Waals surface area (Å²) in [5, 5.41) is 1.76. The summed E-state index contributed by atoms with van der Waals surface area (Å²) in [6.45, 7) is 4.24. The van der Waals surface area contributed by atoms with E-state index in [0.717, 1.165) is 19.3 Å². The molecule has 6 heteroatoms. The fourth-order valence-corrected chi connectivity index (χ4v) is 4.23.